The van der Waals surface area contributed by atoms with Crippen molar-refractivity contribution >= 4 is 34.6 Å². The molecule has 4 rings (SSSR count). The van der Waals surface area contributed by atoms with Gasteiger partial charge in [-0.25, -0.2) is 0 Å². The van der Waals surface area contributed by atoms with Crippen LogP contribution < -0.4 is 18.9 Å². The van der Waals surface area contributed by atoms with E-state index in [2.05, 4.69) is 0 Å². The highest BCUT2D eigenvalue weighted by atomic mass is 16.5. The number of aliphatic imine (C=N–C) groups is 2. The van der Waals surface area contributed by atoms with E-state index in [-0.39, 0.29) is 0 Å². The van der Waals surface area contributed by atoms with E-state index in [0.29, 0.717) is 23.0 Å². The van der Waals surface area contributed by atoms with Crippen LogP contribution in [-0.2, 0) is 0 Å². The molecule has 0 aliphatic carbocycles. The monoisotopic (exact) mass is 454 g/mol. The van der Waals surface area contributed by atoms with E-state index < -0.39 is 0 Å². The summed E-state index contributed by atoms with van der Waals surface area (Å²) in [6.45, 7) is 0. The van der Waals surface area contributed by atoms with Crippen LogP contribution in [0, 0.1) is 0 Å². The molecule has 0 aliphatic rings. The minimum absolute atomic E-state index is 0.663. The molecule has 0 unspecified atom stereocenters. The van der Waals surface area contributed by atoms with Crippen LogP contribution in [0.1, 0.15) is 11.1 Å². The summed E-state index contributed by atoms with van der Waals surface area (Å²) in [5.41, 5.74) is 3.54. The van der Waals surface area contributed by atoms with Crippen LogP contribution in [0.5, 0.6) is 23.0 Å². The summed E-state index contributed by atoms with van der Waals surface area (Å²) in [6, 6.07) is 23.4. The molecule has 0 heterocycles. The van der Waals surface area contributed by atoms with E-state index in [9.17, 15) is 0 Å². The third-order valence-electron chi connectivity index (χ3n) is 5.40. The van der Waals surface area contributed by atoms with Gasteiger partial charge >= 0.3 is 0 Å². The summed E-state index contributed by atoms with van der Waals surface area (Å²) in [6.07, 6.45) is 3.63. The Kier molecular flexibility index (Phi) is 7.08. The van der Waals surface area contributed by atoms with Crippen molar-refractivity contribution in [2.24, 2.45) is 9.98 Å². The Morgan fingerprint density at radius 3 is 1.29 bits per heavy atom. The Bertz CT molecular complexity index is 1260. The van der Waals surface area contributed by atoms with Gasteiger partial charge in [-0.15, -0.1) is 0 Å². The number of nitrogens with zero attached hydrogens (tertiary/aromatic N) is 2. The molecule has 0 spiro atoms. The second-order valence-electron chi connectivity index (χ2n) is 7.39. The third kappa shape index (κ3) is 4.86. The number of ether oxygens (including phenoxy) is 4. The zero-order valence-electron chi connectivity index (χ0n) is 19.6. The second-order valence-corrected chi connectivity index (χ2v) is 7.39. The molecule has 0 amide bonds. The Balaban J connectivity index is 1.65. The van der Waals surface area contributed by atoms with Crippen LogP contribution in [0.15, 0.2) is 82.8 Å². The molecule has 0 atom stereocenters. The van der Waals surface area contributed by atoms with Gasteiger partial charge in [0.1, 0.15) is 0 Å². The fourth-order valence-corrected chi connectivity index (χ4v) is 3.66. The van der Waals surface area contributed by atoms with Crippen molar-refractivity contribution in [2.45, 2.75) is 0 Å². The Morgan fingerprint density at radius 2 is 0.912 bits per heavy atom. The van der Waals surface area contributed by atoms with Crippen LogP contribution in [0.25, 0.3) is 10.8 Å². The first-order valence-electron chi connectivity index (χ1n) is 10.7. The molecule has 34 heavy (non-hydrogen) atoms. The maximum atomic E-state index is 5.39. The molecule has 0 radical (unpaired) electrons. The smallest absolute Gasteiger partial charge is 0.161 e. The van der Waals surface area contributed by atoms with Crippen molar-refractivity contribution in [1.82, 2.24) is 0 Å². The van der Waals surface area contributed by atoms with Crippen molar-refractivity contribution in [3.05, 3.63) is 83.9 Å². The van der Waals surface area contributed by atoms with E-state index in [0.717, 1.165) is 33.3 Å². The van der Waals surface area contributed by atoms with Crippen molar-refractivity contribution in [2.75, 3.05) is 28.4 Å². The van der Waals surface area contributed by atoms with Gasteiger partial charge in [-0.05, 0) is 59.7 Å². The van der Waals surface area contributed by atoms with Crippen molar-refractivity contribution in [3.63, 3.8) is 0 Å². The standard InChI is InChI=1S/C28H26N2O4/c1-31-25-13-11-19(15-27(25)33-3)17-29-23-9-5-8-22-21(23)7-6-10-24(22)30-18-20-12-14-26(32-2)28(16-20)34-4/h5-18H,1-4H3. The Hall–Kier alpha value is -4.32. The highest BCUT2D eigenvalue weighted by Crippen LogP contribution is 2.33. The van der Waals surface area contributed by atoms with Gasteiger partial charge in [-0.1, -0.05) is 24.3 Å². The molecule has 0 bridgehead atoms. The second kappa shape index (κ2) is 10.5. The molecule has 6 heteroatoms. The Labute approximate surface area is 199 Å². The minimum atomic E-state index is 0.663. The molecule has 0 N–H and O–H groups in total. The SMILES string of the molecule is COc1ccc(C=Nc2cccc3c(N=Cc4ccc(OC)c(OC)c4)cccc23)cc1OC. The lowest BCUT2D eigenvalue weighted by Gasteiger charge is -2.08. The van der Waals surface area contributed by atoms with Crippen LogP contribution >= 0.6 is 0 Å². The van der Waals surface area contributed by atoms with Gasteiger partial charge in [-0.2, -0.15) is 0 Å². The molecule has 0 saturated carbocycles. The maximum absolute atomic E-state index is 5.39. The summed E-state index contributed by atoms with van der Waals surface area (Å²) in [5.74, 6) is 2.69. The molecular weight excluding hydrogens is 428 g/mol. The van der Waals surface area contributed by atoms with E-state index >= 15 is 0 Å². The molecule has 0 saturated heterocycles. The van der Waals surface area contributed by atoms with E-state index in [1.54, 1.807) is 28.4 Å². The lowest BCUT2D eigenvalue weighted by molar-refractivity contribution is 0.355. The molecular formula is C28H26N2O4. The summed E-state index contributed by atoms with van der Waals surface area (Å²) in [5, 5.41) is 2.03. The lowest BCUT2D eigenvalue weighted by Crippen LogP contribution is -1.92. The van der Waals surface area contributed by atoms with E-state index in [1.165, 1.54) is 0 Å². The number of fused-ring (bicyclic) bond motifs is 1. The molecule has 6 nitrogen and oxygen atoms in total. The van der Waals surface area contributed by atoms with Gasteiger partial charge in [-0.3, -0.25) is 9.98 Å². The molecule has 0 aromatic heterocycles. The predicted octanol–water partition coefficient (Wildman–Crippen LogP) is 6.38. The van der Waals surface area contributed by atoms with Crippen LogP contribution in [-0.4, -0.2) is 40.9 Å². The lowest BCUT2D eigenvalue weighted by atomic mass is 10.1. The quantitative estimate of drug-likeness (QED) is 0.290. The van der Waals surface area contributed by atoms with Gasteiger partial charge < -0.3 is 18.9 Å². The molecule has 4 aromatic carbocycles. The number of hydrogen-bond donors (Lipinski definition) is 0. The van der Waals surface area contributed by atoms with Gasteiger partial charge in [0.25, 0.3) is 0 Å². The molecule has 0 aliphatic heterocycles. The van der Waals surface area contributed by atoms with E-state index in [1.807, 2.05) is 85.2 Å². The van der Waals surface area contributed by atoms with Crippen LogP contribution in [0.3, 0.4) is 0 Å². The summed E-state index contributed by atoms with van der Waals surface area (Å²) < 4.78 is 21.4. The minimum Gasteiger partial charge on any atom is -0.493 e. The topological polar surface area (TPSA) is 61.6 Å². The first-order valence-corrected chi connectivity index (χ1v) is 10.7. The van der Waals surface area contributed by atoms with Crippen LogP contribution in [0.2, 0.25) is 0 Å². The van der Waals surface area contributed by atoms with Gasteiger partial charge in [0, 0.05) is 23.2 Å². The highest BCUT2D eigenvalue weighted by Gasteiger charge is 2.06. The molecule has 172 valence electrons. The third-order valence-corrected chi connectivity index (χ3v) is 5.40. The summed E-state index contributed by atoms with van der Waals surface area (Å²) in [4.78, 5) is 9.47. The van der Waals surface area contributed by atoms with E-state index in [4.69, 9.17) is 28.9 Å². The van der Waals surface area contributed by atoms with Crippen molar-refractivity contribution < 1.29 is 18.9 Å². The van der Waals surface area contributed by atoms with Crippen LogP contribution in [0.4, 0.5) is 11.4 Å². The zero-order valence-corrected chi connectivity index (χ0v) is 19.6. The first kappa shape index (κ1) is 22.9. The fourth-order valence-electron chi connectivity index (χ4n) is 3.66. The van der Waals surface area contributed by atoms with Gasteiger partial charge in [0.15, 0.2) is 23.0 Å². The van der Waals surface area contributed by atoms with Gasteiger partial charge in [0.05, 0.1) is 39.8 Å². The number of benzene rings is 4. The number of rotatable bonds is 8. The van der Waals surface area contributed by atoms with Crippen molar-refractivity contribution in [3.8, 4) is 23.0 Å². The number of methoxy groups -OCH3 is 4. The first-order chi connectivity index (χ1) is 16.7. The van der Waals surface area contributed by atoms with Gasteiger partial charge in [0.2, 0.25) is 0 Å². The molecule has 0 fully saturated rings. The Morgan fingerprint density at radius 1 is 0.500 bits per heavy atom. The largest absolute Gasteiger partial charge is 0.493 e. The summed E-state index contributed by atoms with van der Waals surface area (Å²) >= 11 is 0. The zero-order chi connectivity index (χ0) is 23.9. The summed E-state index contributed by atoms with van der Waals surface area (Å²) in [7, 11) is 6.47. The number of hydrogen-bond acceptors (Lipinski definition) is 6. The van der Waals surface area contributed by atoms with Crippen molar-refractivity contribution in [1.29, 1.82) is 0 Å². The molecule has 4 aromatic rings. The highest BCUT2D eigenvalue weighted by molar-refractivity contribution is 6.02. The maximum Gasteiger partial charge on any atom is 0.161 e. The predicted molar refractivity (Wildman–Crippen MR) is 138 cm³/mol. The normalized spacial score (nSPS) is 11.3. The average Bonchev–Trinajstić information content (AvgIpc) is 2.90. The fraction of sp³-hybridized carbons (Fsp3) is 0.143. The average molecular weight is 455 g/mol.